The molecular formula is C16H15FN4O2S. The second-order valence-corrected chi connectivity index (χ2v) is 7.30. The van der Waals surface area contributed by atoms with Crippen molar-refractivity contribution in [2.24, 2.45) is 0 Å². The van der Waals surface area contributed by atoms with Gasteiger partial charge >= 0.3 is 0 Å². The first-order chi connectivity index (χ1) is 11.5. The van der Waals surface area contributed by atoms with Gasteiger partial charge in [0.05, 0.1) is 16.8 Å². The van der Waals surface area contributed by atoms with Gasteiger partial charge in [-0.15, -0.1) is 0 Å². The lowest BCUT2D eigenvalue weighted by atomic mass is 10.3. The van der Waals surface area contributed by atoms with E-state index in [9.17, 15) is 12.8 Å². The quantitative estimate of drug-likeness (QED) is 0.844. The van der Waals surface area contributed by atoms with Crippen LogP contribution >= 0.6 is 0 Å². The second kappa shape index (κ2) is 6.55. The van der Waals surface area contributed by atoms with Crippen molar-refractivity contribution in [1.82, 2.24) is 9.29 Å². The zero-order chi connectivity index (χ0) is 17.2. The van der Waals surface area contributed by atoms with Crippen molar-refractivity contribution in [3.8, 4) is 6.07 Å². The number of piperazine rings is 1. The summed E-state index contributed by atoms with van der Waals surface area (Å²) >= 11 is 0. The number of nitriles is 1. The maximum absolute atomic E-state index is 13.3. The van der Waals surface area contributed by atoms with Gasteiger partial charge in [-0.05, 0) is 30.3 Å². The summed E-state index contributed by atoms with van der Waals surface area (Å²) < 4.78 is 39.8. The van der Waals surface area contributed by atoms with Crippen LogP contribution in [0.15, 0.2) is 47.5 Å². The summed E-state index contributed by atoms with van der Waals surface area (Å²) in [4.78, 5) is 6.00. The molecule has 124 valence electrons. The molecule has 0 bridgehead atoms. The molecule has 1 aliphatic heterocycles. The summed E-state index contributed by atoms with van der Waals surface area (Å²) in [5.41, 5.74) is 1.18. The summed E-state index contributed by atoms with van der Waals surface area (Å²) in [6, 6.07) is 10.4. The molecule has 1 aliphatic rings. The maximum atomic E-state index is 13.3. The fourth-order valence-electron chi connectivity index (χ4n) is 2.60. The number of pyridine rings is 1. The molecule has 0 radical (unpaired) electrons. The van der Waals surface area contributed by atoms with E-state index in [0.29, 0.717) is 31.9 Å². The Kier molecular flexibility index (Phi) is 4.46. The molecule has 8 heteroatoms. The monoisotopic (exact) mass is 346 g/mol. The Bertz CT molecular complexity index is 870. The Balaban J connectivity index is 1.71. The van der Waals surface area contributed by atoms with Crippen LogP contribution < -0.4 is 4.90 Å². The average Bonchev–Trinajstić information content (AvgIpc) is 2.62. The molecule has 2 aromatic rings. The van der Waals surface area contributed by atoms with Gasteiger partial charge in [-0.3, -0.25) is 0 Å². The van der Waals surface area contributed by atoms with Gasteiger partial charge in [0.15, 0.2) is 0 Å². The molecule has 1 aromatic heterocycles. The Hall–Kier alpha value is -2.50. The number of halogens is 1. The zero-order valence-electron chi connectivity index (χ0n) is 12.8. The third-order valence-electron chi connectivity index (χ3n) is 3.90. The molecule has 0 spiro atoms. The minimum Gasteiger partial charge on any atom is -0.368 e. The van der Waals surface area contributed by atoms with Crippen molar-refractivity contribution in [3.05, 3.63) is 54.1 Å². The Morgan fingerprint density at radius 1 is 1.12 bits per heavy atom. The van der Waals surface area contributed by atoms with Crippen molar-refractivity contribution in [1.29, 1.82) is 5.26 Å². The highest BCUT2D eigenvalue weighted by molar-refractivity contribution is 7.89. The summed E-state index contributed by atoms with van der Waals surface area (Å²) in [5.74, 6) is -0.571. The smallest absolute Gasteiger partial charge is 0.243 e. The average molecular weight is 346 g/mol. The highest BCUT2D eigenvalue weighted by atomic mass is 32.2. The van der Waals surface area contributed by atoms with Gasteiger partial charge in [-0.2, -0.15) is 9.57 Å². The first-order valence-electron chi connectivity index (χ1n) is 7.37. The van der Waals surface area contributed by atoms with Crippen LogP contribution in [-0.4, -0.2) is 43.9 Å². The van der Waals surface area contributed by atoms with E-state index in [1.54, 1.807) is 18.3 Å². The summed E-state index contributed by atoms with van der Waals surface area (Å²) in [6.07, 6.45) is 1.61. The first kappa shape index (κ1) is 16.4. The molecule has 1 aromatic carbocycles. The molecule has 0 amide bonds. The lowest BCUT2D eigenvalue weighted by Crippen LogP contribution is -2.48. The number of hydrogen-bond donors (Lipinski definition) is 0. The molecule has 6 nitrogen and oxygen atoms in total. The van der Waals surface area contributed by atoms with Crippen molar-refractivity contribution in [2.75, 3.05) is 31.1 Å². The van der Waals surface area contributed by atoms with Crippen LogP contribution in [0.4, 0.5) is 10.1 Å². The van der Waals surface area contributed by atoms with E-state index in [1.165, 1.54) is 22.5 Å². The van der Waals surface area contributed by atoms with Crippen LogP contribution in [-0.2, 0) is 10.0 Å². The standard InChI is InChI=1S/C16H15FN4O2S/c17-13-2-1-3-16(10-13)24(22,23)21-8-6-20(7-9-21)15-5-4-14(11-18)19-12-15/h1-5,10,12H,6-9H2. The molecular weight excluding hydrogens is 331 g/mol. The second-order valence-electron chi connectivity index (χ2n) is 5.36. The molecule has 1 fully saturated rings. The van der Waals surface area contributed by atoms with E-state index in [-0.39, 0.29) is 4.90 Å². The Morgan fingerprint density at radius 2 is 1.88 bits per heavy atom. The largest absolute Gasteiger partial charge is 0.368 e. The third kappa shape index (κ3) is 3.22. The number of hydrogen-bond acceptors (Lipinski definition) is 5. The predicted molar refractivity (Wildman–Crippen MR) is 86.3 cm³/mol. The number of anilines is 1. The third-order valence-corrected chi connectivity index (χ3v) is 5.79. The number of sulfonamides is 1. The lowest BCUT2D eigenvalue weighted by Gasteiger charge is -2.35. The SMILES string of the molecule is N#Cc1ccc(N2CCN(S(=O)(=O)c3cccc(F)c3)CC2)cn1. The normalized spacial score (nSPS) is 15.9. The fourth-order valence-corrected chi connectivity index (χ4v) is 4.06. The van der Waals surface area contributed by atoms with E-state index in [2.05, 4.69) is 4.98 Å². The summed E-state index contributed by atoms with van der Waals surface area (Å²) in [5, 5.41) is 8.76. The molecule has 2 heterocycles. The predicted octanol–water partition coefficient (Wildman–Crippen LogP) is 1.60. The van der Waals surface area contributed by atoms with Gasteiger partial charge in [0.2, 0.25) is 10.0 Å². The number of aromatic nitrogens is 1. The summed E-state index contributed by atoms with van der Waals surface area (Å²) in [6.45, 7) is 1.61. The van der Waals surface area contributed by atoms with Gasteiger partial charge in [-0.1, -0.05) is 6.07 Å². The first-order valence-corrected chi connectivity index (χ1v) is 8.81. The molecule has 24 heavy (non-hydrogen) atoms. The molecule has 0 N–H and O–H groups in total. The maximum Gasteiger partial charge on any atom is 0.243 e. The van der Waals surface area contributed by atoms with Crippen LogP contribution in [0.2, 0.25) is 0 Å². The van der Waals surface area contributed by atoms with Crippen LogP contribution in [0.25, 0.3) is 0 Å². The van der Waals surface area contributed by atoms with Crippen LogP contribution in [0.1, 0.15) is 5.69 Å². The zero-order valence-corrected chi connectivity index (χ0v) is 13.6. The molecule has 0 unspecified atom stereocenters. The van der Waals surface area contributed by atoms with E-state index >= 15 is 0 Å². The van der Waals surface area contributed by atoms with Gasteiger partial charge in [0.1, 0.15) is 17.6 Å². The van der Waals surface area contributed by atoms with Crippen LogP contribution in [0, 0.1) is 17.1 Å². The van der Waals surface area contributed by atoms with E-state index < -0.39 is 15.8 Å². The van der Waals surface area contributed by atoms with Crippen molar-refractivity contribution >= 4 is 15.7 Å². The van der Waals surface area contributed by atoms with Gasteiger partial charge in [0, 0.05) is 26.2 Å². The number of benzene rings is 1. The molecule has 0 aliphatic carbocycles. The number of nitrogens with zero attached hydrogens (tertiary/aromatic N) is 4. The molecule has 3 rings (SSSR count). The molecule has 0 saturated carbocycles. The van der Waals surface area contributed by atoms with Gasteiger partial charge < -0.3 is 4.90 Å². The lowest BCUT2D eigenvalue weighted by molar-refractivity contribution is 0.384. The van der Waals surface area contributed by atoms with E-state index in [1.807, 2.05) is 11.0 Å². The fraction of sp³-hybridized carbons (Fsp3) is 0.250. The number of rotatable bonds is 3. The van der Waals surface area contributed by atoms with Crippen molar-refractivity contribution in [3.63, 3.8) is 0 Å². The van der Waals surface area contributed by atoms with Crippen molar-refractivity contribution in [2.45, 2.75) is 4.90 Å². The topological polar surface area (TPSA) is 77.3 Å². The van der Waals surface area contributed by atoms with Gasteiger partial charge in [-0.25, -0.2) is 17.8 Å². The highest BCUT2D eigenvalue weighted by Crippen LogP contribution is 2.21. The Morgan fingerprint density at radius 3 is 2.46 bits per heavy atom. The molecule has 0 atom stereocenters. The van der Waals surface area contributed by atoms with E-state index in [0.717, 1.165) is 11.8 Å². The molecule has 1 saturated heterocycles. The van der Waals surface area contributed by atoms with Gasteiger partial charge in [0.25, 0.3) is 0 Å². The Labute approximate surface area is 139 Å². The van der Waals surface area contributed by atoms with E-state index in [4.69, 9.17) is 5.26 Å². The van der Waals surface area contributed by atoms with Crippen LogP contribution in [0.3, 0.4) is 0 Å². The minimum absolute atomic E-state index is 0.0315. The van der Waals surface area contributed by atoms with Crippen LogP contribution in [0.5, 0.6) is 0 Å². The minimum atomic E-state index is -3.69. The summed E-state index contributed by atoms with van der Waals surface area (Å²) in [7, 11) is -3.69. The highest BCUT2D eigenvalue weighted by Gasteiger charge is 2.28. The van der Waals surface area contributed by atoms with Crippen molar-refractivity contribution < 1.29 is 12.8 Å².